The van der Waals surface area contributed by atoms with Crippen LogP contribution in [0.15, 0.2) is 36.4 Å². The third kappa shape index (κ3) is 4.61. The molecular formula is C19H22FN3O2. The summed E-state index contributed by atoms with van der Waals surface area (Å²) >= 11 is 0. The van der Waals surface area contributed by atoms with Crippen molar-refractivity contribution in [3.05, 3.63) is 53.5 Å². The van der Waals surface area contributed by atoms with E-state index in [1.54, 1.807) is 24.3 Å². The van der Waals surface area contributed by atoms with Crippen LogP contribution in [0.5, 0.6) is 0 Å². The number of carbonyl (C=O) groups excluding carboxylic acids is 1. The normalized spacial score (nSPS) is 15.1. The Labute approximate surface area is 146 Å². The fourth-order valence-corrected chi connectivity index (χ4v) is 2.83. The van der Waals surface area contributed by atoms with Crippen molar-refractivity contribution in [2.75, 3.05) is 39.4 Å². The number of aromatic nitrogens is 1. The van der Waals surface area contributed by atoms with E-state index in [2.05, 4.69) is 15.2 Å². The first-order chi connectivity index (χ1) is 12.1. The highest BCUT2D eigenvalue weighted by Gasteiger charge is 2.13. The fraction of sp³-hybridized carbons (Fsp3) is 0.368. The Balaban J connectivity index is 1.59. The highest BCUT2D eigenvalue weighted by molar-refractivity contribution is 5.95. The Kier molecular flexibility index (Phi) is 5.73. The second-order valence-corrected chi connectivity index (χ2v) is 6.05. The summed E-state index contributed by atoms with van der Waals surface area (Å²) in [5, 5.41) is 2.94. The Morgan fingerprint density at radius 1 is 1.20 bits per heavy atom. The molecule has 25 heavy (non-hydrogen) atoms. The van der Waals surface area contributed by atoms with Gasteiger partial charge in [-0.05, 0) is 43.3 Å². The lowest BCUT2D eigenvalue weighted by Gasteiger charge is -2.26. The van der Waals surface area contributed by atoms with Crippen molar-refractivity contribution >= 4 is 5.91 Å². The molecule has 0 spiro atoms. The molecule has 1 amide bonds. The van der Waals surface area contributed by atoms with Crippen LogP contribution in [0.25, 0.3) is 11.3 Å². The van der Waals surface area contributed by atoms with E-state index in [-0.39, 0.29) is 11.7 Å². The van der Waals surface area contributed by atoms with Crippen LogP contribution < -0.4 is 5.32 Å². The number of carbonyl (C=O) groups is 1. The minimum atomic E-state index is -0.281. The van der Waals surface area contributed by atoms with Gasteiger partial charge < -0.3 is 10.1 Å². The summed E-state index contributed by atoms with van der Waals surface area (Å²) in [5.74, 6) is -0.402. The number of benzene rings is 1. The largest absolute Gasteiger partial charge is 0.379 e. The number of nitrogens with one attached hydrogen (secondary N) is 1. The molecule has 0 aliphatic carbocycles. The average Bonchev–Trinajstić information content (AvgIpc) is 2.63. The van der Waals surface area contributed by atoms with Gasteiger partial charge >= 0.3 is 0 Å². The predicted octanol–water partition coefficient (Wildman–Crippen LogP) is 2.26. The molecule has 1 N–H and O–H groups in total. The first kappa shape index (κ1) is 17.5. The summed E-state index contributed by atoms with van der Waals surface area (Å²) in [4.78, 5) is 19.1. The quantitative estimate of drug-likeness (QED) is 0.905. The van der Waals surface area contributed by atoms with Gasteiger partial charge in [0, 0.05) is 31.7 Å². The molecule has 3 rings (SSSR count). The van der Waals surface area contributed by atoms with Crippen molar-refractivity contribution in [1.82, 2.24) is 15.2 Å². The molecule has 1 fully saturated rings. The van der Waals surface area contributed by atoms with Crippen molar-refractivity contribution in [3.8, 4) is 11.3 Å². The SMILES string of the molecule is Cc1nc(-c2ccc(F)cc2)ccc1C(=O)NCCN1CCOCC1. The molecule has 0 atom stereocenters. The standard InChI is InChI=1S/C19H22FN3O2/c1-14-17(19(24)21-8-9-23-10-12-25-13-11-23)6-7-18(22-14)15-2-4-16(20)5-3-15/h2-7H,8-13H2,1H3,(H,21,24). The number of nitrogens with zero attached hydrogens (tertiary/aromatic N) is 2. The van der Waals surface area contributed by atoms with Gasteiger partial charge in [-0.15, -0.1) is 0 Å². The monoisotopic (exact) mass is 343 g/mol. The maximum absolute atomic E-state index is 13.0. The molecule has 1 aromatic carbocycles. The van der Waals surface area contributed by atoms with Gasteiger partial charge in [0.2, 0.25) is 0 Å². The lowest BCUT2D eigenvalue weighted by atomic mass is 10.1. The molecule has 2 aromatic rings. The molecule has 6 heteroatoms. The van der Waals surface area contributed by atoms with Crippen LogP contribution >= 0.6 is 0 Å². The van der Waals surface area contributed by atoms with Crippen molar-refractivity contribution in [2.45, 2.75) is 6.92 Å². The minimum absolute atomic E-state index is 0.121. The maximum atomic E-state index is 13.0. The van der Waals surface area contributed by atoms with E-state index in [0.717, 1.165) is 44.1 Å². The highest BCUT2D eigenvalue weighted by Crippen LogP contribution is 2.19. The van der Waals surface area contributed by atoms with E-state index in [4.69, 9.17) is 4.74 Å². The van der Waals surface area contributed by atoms with Crippen LogP contribution in [0.1, 0.15) is 16.1 Å². The summed E-state index contributed by atoms with van der Waals surface area (Å²) < 4.78 is 18.3. The smallest absolute Gasteiger partial charge is 0.253 e. The number of morpholine rings is 1. The van der Waals surface area contributed by atoms with Crippen molar-refractivity contribution in [2.24, 2.45) is 0 Å². The Morgan fingerprint density at radius 2 is 1.92 bits per heavy atom. The van der Waals surface area contributed by atoms with Crippen LogP contribution in [0.3, 0.4) is 0 Å². The van der Waals surface area contributed by atoms with Gasteiger partial charge in [-0.1, -0.05) is 0 Å². The molecule has 1 aliphatic rings. The third-order valence-electron chi connectivity index (χ3n) is 4.29. The minimum Gasteiger partial charge on any atom is -0.379 e. The second kappa shape index (κ2) is 8.18. The number of hydrogen-bond donors (Lipinski definition) is 1. The van der Waals surface area contributed by atoms with E-state index in [1.807, 2.05) is 6.92 Å². The number of pyridine rings is 1. The topological polar surface area (TPSA) is 54.5 Å². The highest BCUT2D eigenvalue weighted by atomic mass is 19.1. The number of hydrogen-bond acceptors (Lipinski definition) is 4. The molecular weight excluding hydrogens is 321 g/mol. The number of amides is 1. The predicted molar refractivity (Wildman–Crippen MR) is 94.0 cm³/mol. The fourth-order valence-electron chi connectivity index (χ4n) is 2.83. The first-order valence-electron chi connectivity index (χ1n) is 8.45. The summed E-state index contributed by atoms with van der Waals surface area (Å²) in [5.41, 5.74) is 2.77. The maximum Gasteiger partial charge on any atom is 0.253 e. The number of rotatable bonds is 5. The molecule has 132 valence electrons. The summed E-state index contributed by atoms with van der Waals surface area (Å²) in [6.07, 6.45) is 0. The molecule has 1 aromatic heterocycles. The van der Waals surface area contributed by atoms with Gasteiger partial charge in [0.05, 0.1) is 30.2 Å². The van der Waals surface area contributed by atoms with Crippen LogP contribution in [0, 0.1) is 12.7 Å². The zero-order valence-electron chi connectivity index (χ0n) is 14.3. The lowest BCUT2D eigenvalue weighted by Crippen LogP contribution is -2.41. The third-order valence-corrected chi connectivity index (χ3v) is 4.29. The van der Waals surface area contributed by atoms with E-state index >= 15 is 0 Å². The summed E-state index contributed by atoms with van der Waals surface area (Å²) in [6, 6.07) is 9.72. The Hall–Kier alpha value is -2.31. The molecule has 0 radical (unpaired) electrons. The van der Waals surface area contributed by atoms with Gasteiger partial charge in [-0.3, -0.25) is 14.7 Å². The van der Waals surface area contributed by atoms with Gasteiger partial charge in [0.1, 0.15) is 5.82 Å². The van der Waals surface area contributed by atoms with E-state index in [1.165, 1.54) is 12.1 Å². The van der Waals surface area contributed by atoms with E-state index < -0.39 is 0 Å². The molecule has 1 saturated heterocycles. The first-order valence-corrected chi connectivity index (χ1v) is 8.45. The van der Waals surface area contributed by atoms with Crippen molar-refractivity contribution in [1.29, 1.82) is 0 Å². The van der Waals surface area contributed by atoms with Crippen molar-refractivity contribution in [3.63, 3.8) is 0 Å². The van der Waals surface area contributed by atoms with Crippen LogP contribution in [0.4, 0.5) is 4.39 Å². The molecule has 0 saturated carbocycles. The van der Waals surface area contributed by atoms with Gasteiger partial charge in [-0.2, -0.15) is 0 Å². The van der Waals surface area contributed by atoms with Crippen LogP contribution in [0.2, 0.25) is 0 Å². The van der Waals surface area contributed by atoms with Gasteiger partial charge in [0.15, 0.2) is 0 Å². The molecule has 0 bridgehead atoms. The Morgan fingerprint density at radius 3 is 2.60 bits per heavy atom. The molecule has 2 heterocycles. The average molecular weight is 343 g/mol. The lowest BCUT2D eigenvalue weighted by molar-refractivity contribution is 0.0383. The molecule has 5 nitrogen and oxygen atoms in total. The van der Waals surface area contributed by atoms with Crippen molar-refractivity contribution < 1.29 is 13.9 Å². The van der Waals surface area contributed by atoms with Gasteiger partial charge in [-0.25, -0.2) is 4.39 Å². The number of aryl methyl sites for hydroxylation is 1. The number of halogens is 1. The number of ether oxygens (including phenoxy) is 1. The van der Waals surface area contributed by atoms with Crippen LogP contribution in [-0.2, 0) is 4.74 Å². The van der Waals surface area contributed by atoms with Gasteiger partial charge in [0.25, 0.3) is 5.91 Å². The second-order valence-electron chi connectivity index (χ2n) is 6.05. The van der Waals surface area contributed by atoms with E-state index in [0.29, 0.717) is 17.8 Å². The molecule has 1 aliphatic heterocycles. The summed E-state index contributed by atoms with van der Waals surface area (Å²) in [7, 11) is 0. The zero-order valence-corrected chi connectivity index (χ0v) is 14.3. The Bertz CT molecular complexity index is 728. The van der Waals surface area contributed by atoms with E-state index in [9.17, 15) is 9.18 Å². The van der Waals surface area contributed by atoms with Crippen LogP contribution in [-0.4, -0.2) is 55.2 Å². The zero-order chi connectivity index (χ0) is 17.6. The summed E-state index contributed by atoms with van der Waals surface area (Å²) in [6.45, 7) is 6.53. The molecule has 0 unspecified atom stereocenters.